The number of anilines is 3. The summed E-state index contributed by atoms with van der Waals surface area (Å²) >= 11 is 0. The van der Waals surface area contributed by atoms with E-state index in [-0.39, 0.29) is 5.41 Å². The van der Waals surface area contributed by atoms with Gasteiger partial charge in [0.05, 0.1) is 0 Å². The van der Waals surface area contributed by atoms with Crippen molar-refractivity contribution < 1.29 is 4.42 Å². The zero-order chi connectivity index (χ0) is 34.1. The highest BCUT2D eigenvalue weighted by Gasteiger charge is 2.35. The number of fused-ring (bicyclic) bond motifs is 7. The Morgan fingerprint density at radius 3 is 1.92 bits per heavy atom. The Bertz CT molecular complexity index is 2800. The fourth-order valence-electron chi connectivity index (χ4n) is 8.30. The molecule has 0 saturated heterocycles. The van der Waals surface area contributed by atoms with Crippen LogP contribution in [0.1, 0.15) is 25.0 Å². The summed E-state index contributed by atoms with van der Waals surface area (Å²) < 4.78 is 6.26. The van der Waals surface area contributed by atoms with Crippen LogP contribution in [-0.2, 0) is 5.41 Å². The van der Waals surface area contributed by atoms with E-state index in [2.05, 4.69) is 183 Å². The highest BCUT2D eigenvalue weighted by molar-refractivity contribution is 6.06. The van der Waals surface area contributed by atoms with Gasteiger partial charge in [0, 0.05) is 33.2 Å². The summed E-state index contributed by atoms with van der Waals surface area (Å²) in [5.74, 6) is 0. The van der Waals surface area contributed by atoms with Crippen molar-refractivity contribution in [3.05, 3.63) is 187 Å². The molecule has 0 atom stereocenters. The molecule has 1 aromatic heterocycles. The molecule has 8 aromatic carbocycles. The molecular formula is C49H35NO. The van der Waals surface area contributed by atoms with Gasteiger partial charge in [-0.15, -0.1) is 0 Å². The first kappa shape index (κ1) is 29.5. The normalized spacial score (nSPS) is 13.1. The minimum atomic E-state index is -0.109. The van der Waals surface area contributed by atoms with E-state index in [1.165, 1.54) is 55.3 Å². The molecule has 0 N–H and O–H groups in total. The topological polar surface area (TPSA) is 16.4 Å². The summed E-state index contributed by atoms with van der Waals surface area (Å²) in [6, 6.07) is 63.8. The molecule has 0 fully saturated rings. The zero-order valence-electron chi connectivity index (χ0n) is 28.6. The van der Waals surface area contributed by atoms with E-state index < -0.39 is 0 Å². The van der Waals surface area contributed by atoms with E-state index >= 15 is 0 Å². The summed E-state index contributed by atoms with van der Waals surface area (Å²) in [6.45, 7) is 4.69. The van der Waals surface area contributed by atoms with Crippen LogP contribution < -0.4 is 4.90 Å². The Balaban J connectivity index is 1.14. The lowest BCUT2D eigenvalue weighted by Gasteiger charge is -2.28. The van der Waals surface area contributed by atoms with Gasteiger partial charge < -0.3 is 9.32 Å². The van der Waals surface area contributed by atoms with Crippen LogP contribution in [-0.4, -0.2) is 0 Å². The van der Waals surface area contributed by atoms with E-state index in [0.29, 0.717) is 0 Å². The highest BCUT2D eigenvalue weighted by Crippen LogP contribution is 2.51. The monoisotopic (exact) mass is 653 g/mol. The van der Waals surface area contributed by atoms with Crippen LogP contribution in [0, 0.1) is 0 Å². The molecule has 1 heterocycles. The number of hydrogen-bond acceptors (Lipinski definition) is 2. The Kier molecular flexibility index (Phi) is 6.56. The predicted octanol–water partition coefficient (Wildman–Crippen LogP) is 13.8. The summed E-state index contributed by atoms with van der Waals surface area (Å²) in [6.07, 6.45) is 0. The third-order valence-electron chi connectivity index (χ3n) is 10.8. The standard InChI is InChI=1S/C49H35NO/c1-49(2)45-22-7-5-19-41(45)42-26-24-38(31-46(42)49)50(37-25-27-48-44(30-37)43-20-6-8-23-47(43)51-48)36-17-10-15-34(29-36)33-14-9-16-35(28-33)40-21-11-13-32-12-3-4-18-39(32)40/h3-31H,1-2H3. The van der Waals surface area contributed by atoms with Crippen molar-refractivity contribution in [2.45, 2.75) is 19.3 Å². The van der Waals surface area contributed by atoms with Crippen LogP contribution in [0.25, 0.3) is 66.1 Å². The van der Waals surface area contributed by atoms with Crippen molar-refractivity contribution in [3.63, 3.8) is 0 Å². The molecule has 0 unspecified atom stereocenters. The second-order valence-corrected chi connectivity index (χ2v) is 14.2. The Hall–Kier alpha value is -6.38. The molecule has 0 aliphatic heterocycles. The third kappa shape index (κ3) is 4.71. The van der Waals surface area contributed by atoms with Gasteiger partial charge in [0.1, 0.15) is 11.2 Å². The molecule has 9 aromatic rings. The average molecular weight is 654 g/mol. The van der Waals surface area contributed by atoms with Gasteiger partial charge in [0.15, 0.2) is 0 Å². The predicted molar refractivity (Wildman–Crippen MR) is 214 cm³/mol. The molecular weight excluding hydrogens is 619 g/mol. The lowest BCUT2D eigenvalue weighted by molar-refractivity contribution is 0.660. The van der Waals surface area contributed by atoms with Crippen molar-refractivity contribution in [2.75, 3.05) is 4.90 Å². The number of para-hydroxylation sites is 1. The molecule has 0 bridgehead atoms. The van der Waals surface area contributed by atoms with Gasteiger partial charge in [-0.1, -0.05) is 135 Å². The molecule has 10 rings (SSSR count). The first-order valence-electron chi connectivity index (χ1n) is 17.7. The van der Waals surface area contributed by atoms with E-state index in [9.17, 15) is 0 Å². The van der Waals surface area contributed by atoms with Crippen molar-refractivity contribution >= 4 is 49.8 Å². The fraction of sp³-hybridized carbons (Fsp3) is 0.0612. The molecule has 0 spiro atoms. The lowest BCUT2D eigenvalue weighted by Crippen LogP contribution is -2.16. The van der Waals surface area contributed by atoms with Crippen LogP contribution in [0.4, 0.5) is 17.1 Å². The van der Waals surface area contributed by atoms with Gasteiger partial charge in [-0.3, -0.25) is 0 Å². The SMILES string of the molecule is CC1(C)c2ccccc2-c2ccc(N(c3cccc(-c4cccc(-c5cccc6ccccc56)c4)c3)c3ccc4oc5ccccc5c4c3)cc21. The first-order chi connectivity index (χ1) is 25.0. The van der Waals surface area contributed by atoms with E-state index in [0.717, 1.165) is 39.0 Å². The van der Waals surface area contributed by atoms with Gasteiger partial charge in [-0.25, -0.2) is 0 Å². The van der Waals surface area contributed by atoms with E-state index in [1.807, 2.05) is 12.1 Å². The second kappa shape index (κ2) is 11.3. The average Bonchev–Trinajstić information content (AvgIpc) is 3.66. The van der Waals surface area contributed by atoms with E-state index in [1.54, 1.807) is 0 Å². The molecule has 242 valence electrons. The highest BCUT2D eigenvalue weighted by atomic mass is 16.3. The van der Waals surface area contributed by atoms with Crippen LogP contribution in [0.2, 0.25) is 0 Å². The number of hydrogen-bond donors (Lipinski definition) is 0. The van der Waals surface area contributed by atoms with Gasteiger partial charge in [-0.05, 0) is 110 Å². The van der Waals surface area contributed by atoms with Crippen LogP contribution in [0.3, 0.4) is 0 Å². The maximum absolute atomic E-state index is 6.26. The Labute approximate surface area is 297 Å². The zero-order valence-corrected chi connectivity index (χ0v) is 28.6. The quantitative estimate of drug-likeness (QED) is 0.184. The molecule has 0 radical (unpaired) electrons. The fourth-order valence-corrected chi connectivity index (χ4v) is 8.30. The van der Waals surface area contributed by atoms with Crippen molar-refractivity contribution in [1.29, 1.82) is 0 Å². The van der Waals surface area contributed by atoms with Crippen LogP contribution in [0.5, 0.6) is 0 Å². The van der Waals surface area contributed by atoms with Gasteiger partial charge in [0.2, 0.25) is 0 Å². The Morgan fingerprint density at radius 1 is 0.392 bits per heavy atom. The molecule has 2 heteroatoms. The van der Waals surface area contributed by atoms with Gasteiger partial charge in [0.25, 0.3) is 0 Å². The molecule has 0 amide bonds. The largest absolute Gasteiger partial charge is 0.456 e. The van der Waals surface area contributed by atoms with Crippen molar-refractivity contribution in [2.24, 2.45) is 0 Å². The number of furan rings is 1. The van der Waals surface area contributed by atoms with Gasteiger partial charge in [-0.2, -0.15) is 0 Å². The summed E-state index contributed by atoms with van der Waals surface area (Å²) in [5.41, 5.74) is 15.2. The minimum absolute atomic E-state index is 0.109. The molecule has 1 aliphatic carbocycles. The second-order valence-electron chi connectivity index (χ2n) is 14.2. The number of benzene rings is 8. The summed E-state index contributed by atoms with van der Waals surface area (Å²) in [4.78, 5) is 2.40. The summed E-state index contributed by atoms with van der Waals surface area (Å²) in [7, 11) is 0. The molecule has 51 heavy (non-hydrogen) atoms. The number of nitrogens with zero attached hydrogens (tertiary/aromatic N) is 1. The minimum Gasteiger partial charge on any atom is -0.456 e. The maximum atomic E-state index is 6.26. The van der Waals surface area contributed by atoms with Gasteiger partial charge >= 0.3 is 0 Å². The molecule has 1 aliphatic rings. The first-order valence-corrected chi connectivity index (χ1v) is 17.7. The van der Waals surface area contributed by atoms with Crippen LogP contribution >= 0.6 is 0 Å². The van der Waals surface area contributed by atoms with Crippen molar-refractivity contribution in [3.8, 4) is 33.4 Å². The third-order valence-corrected chi connectivity index (χ3v) is 10.8. The molecule has 2 nitrogen and oxygen atoms in total. The maximum Gasteiger partial charge on any atom is 0.135 e. The Morgan fingerprint density at radius 2 is 1.00 bits per heavy atom. The van der Waals surface area contributed by atoms with Crippen LogP contribution in [0.15, 0.2) is 180 Å². The van der Waals surface area contributed by atoms with Crippen molar-refractivity contribution in [1.82, 2.24) is 0 Å². The molecule has 0 saturated carbocycles. The smallest absolute Gasteiger partial charge is 0.135 e. The summed E-state index contributed by atoms with van der Waals surface area (Å²) in [5, 5.41) is 4.75. The van der Waals surface area contributed by atoms with E-state index in [4.69, 9.17) is 4.42 Å². The lowest BCUT2D eigenvalue weighted by atomic mass is 9.82. The number of rotatable bonds is 5.